The van der Waals surface area contributed by atoms with Gasteiger partial charge in [-0.1, -0.05) is 0 Å². The third-order valence-corrected chi connectivity index (χ3v) is 3.63. The Morgan fingerprint density at radius 2 is 1.43 bits per heavy atom. The monoisotopic (exact) mass is 195 g/mol. The molecule has 0 aromatic heterocycles. The number of rotatable bonds is 0. The minimum absolute atomic E-state index is 1.29. The van der Waals surface area contributed by atoms with Crippen molar-refractivity contribution in [1.82, 2.24) is 4.90 Å². The SMILES string of the molecule is CC(N1CCCCC1)=[N+]1CCCCC1. The van der Waals surface area contributed by atoms with Gasteiger partial charge in [-0.2, -0.15) is 0 Å². The molecule has 2 saturated heterocycles. The largest absolute Gasteiger partial charge is 0.266 e. The van der Waals surface area contributed by atoms with Crippen molar-refractivity contribution in [3.8, 4) is 0 Å². The average Bonchev–Trinajstić information content (AvgIpc) is 2.30. The van der Waals surface area contributed by atoms with Gasteiger partial charge in [0, 0.05) is 6.92 Å². The summed E-state index contributed by atoms with van der Waals surface area (Å²) in [5, 5.41) is 0. The Balaban J connectivity index is 1.99. The minimum atomic E-state index is 1.29. The molecule has 2 aliphatic rings. The van der Waals surface area contributed by atoms with Gasteiger partial charge in [0.1, 0.15) is 0 Å². The minimum Gasteiger partial charge on any atom is -0.266 e. The molecule has 14 heavy (non-hydrogen) atoms. The normalized spacial score (nSPS) is 23.8. The molecule has 0 saturated carbocycles. The summed E-state index contributed by atoms with van der Waals surface area (Å²) in [6, 6.07) is 0. The van der Waals surface area contributed by atoms with E-state index >= 15 is 0 Å². The van der Waals surface area contributed by atoms with Crippen LogP contribution in [0.4, 0.5) is 0 Å². The maximum absolute atomic E-state index is 2.59. The molecule has 0 aromatic carbocycles. The fourth-order valence-electron chi connectivity index (χ4n) is 2.64. The number of hydrogen-bond donors (Lipinski definition) is 0. The van der Waals surface area contributed by atoms with Crippen LogP contribution in [-0.2, 0) is 0 Å². The summed E-state index contributed by atoms with van der Waals surface area (Å²) >= 11 is 0. The van der Waals surface area contributed by atoms with Gasteiger partial charge in [-0.15, -0.1) is 0 Å². The predicted molar refractivity (Wildman–Crippen MR) is 60.0 cm³/mol. The van der Waals surface area contributed by atoms with Crippen molar-refractivity contribution in [3.05, 3.63) is 0 Å². The van der Waals surface area contributed by atoms with Crippen LogP contribution in [0.5, 0.6) is 0 Å². The van der Waals surface area contributed by atoms with Crippen molar-refractivity contribution in [2.45, 2.75) is 45.4 Å². The number of likely N-dealkylation sites (tertiary alicyclic amines) is 1. The van der Waals surface area contributed by atoms with Crippen LogP contribution in [-0.4, -0.2) is 41.5 Å². The Hall–Kier alpha value is -0.530. The first-order valence-electron chi connectivity index (χ1n) is 6.21. The number of hydrogen-bond acceptors (Lipinski definition) is 0. The molecule has 2 fully saturated rings. The molecule has 0 amide bonds. The van der Waals surface area contributed by atoms with E-state index in [9.17, 15) is 0 Å². The molecule has 0 spiro atoms. The van der Waals surface area contributed by atoms with E-state index in [2.05, 4.69) is 16.4 Å². The van der Waals surface area contributed by atoms with Crippen molar-refractivity contribution >= 4 is 5.84 Å². The summed E-state index contributed by atoms with van der Waals surface area (Å²) < 4.78 is 2.59. The van der Waals surface area contributed by atoms with Crippen LogP contribution in [0.1, 0.15) is 45.4 Å². The van der Waals surface area contributed by atoms with Gasteiger partial charge in [-0.3, -0.25) is 9.48 Å². The fraction of sp³-hybridized carbons (Fsp3) is 0.917. The average molecular weight is 195 g/mol. The van der Waals surface area contributed by atoms with Crippen molar-refractivity contribution < 1.29 is 4.58 Å². The first-order chi connectivity index (χ1) is 6.88. The lowest BCUT2D eigenvalue weighted by atomic mass is 10.1. The van der Waals surface area contributed by atoms with Crippen LogP contribution in [0.3, 0.4) is 0 Å². The molecule has 0 unspecified atom stereocenters. The first-order valence-corrected chi connectivity index (χ1v) is 6.21. The third kappa shape index (κ3) is 2.28. The molecular formula is C12H23N2+. The lowest BCUT2D eigenvalue weighted by molar-refractivity contribution is -0.542. The van der Waals surface area contributed by atoms with E-state index in [1.165, 1.54) is 64.7 Å². The van der Waals surface area contributed by atoms with Crippen LogP contribution in [0, 0.1) is 0 Å². The highest BCUT2D eigenvalue weighted by molar-refractivity contribution is 5.74. The fourth-order valence-corrected chi connectivity index (χ4v) is 2.64. The summed E-state index contributed by atoms with van der Waals surface area (Å²) in [6.07, 6.45) is 8.44. The molecule has 2 heteroatoms. The molecule has 2 heterocycles. The van der Waals surface area contributed by atoms with E-state index in [0.717, 1.165) is 0 Å². The second-order valence-corrected chi connectivity index (χ2v) is 4.64. The van der Waals surface area contributed by atoms with Crippen molar-refractivity contribution in [2.24, 2.45) is 0 Å². The molecule has 0 bridgehead atoms. The number of nitrogens with zero attached hydrogens (tertiary/aromatic N) is 2. The summed E-state index contributed by atoms with van der Waals surface area (Å²) in [6.45, 7) is 7.49. The maximum Gasteiger partial charge on any atom is 0.243 e. The molecule has 2 rings (SSSR count). The lowest BCUT2D eigenvalue weighted by Crippen LogP contribution is -2.41. The quantitative estimate of drug-likeness (QED) is 0.424. The van der Waals surface area contributed by atoms with Crippen LogP contribution >= 0.6 is 0 Å². The van der Waals surface area contributed by atoms with Gasteiger partial charge in [0.05, 0.1) is 26.2 Å². The van der Waals surface area contributed by atoms with Crippen molar-refractivity contribution in [3.63, 3.8) is 0 Å². The van der Waals surface area contributed by atoms with Crippen LogP contribution in [0.15, 0.2) is 0 Å². The maximum atomic E-state index is 2.59. The van der Waals surface area contributed by atoms with Crippen LogP contribution in [0.2, 0.25) is 0 Å². The van der Waals surface area contributed by atoms with Crippen molar-refractivity contribution in [2.75, 3.05) is 26.2 Å². The summed E-state index contributed by atoms with van der Waals surface area (Å²) in [5.74, 6) is 1.55. The molecule has 0 radical (unpaired) electrons. The van der Waals surface area contributed by atoms with E-state index < -0.39 is 0 Å². The summed E-state index contributed by atoms with van der Waals surface area (Å²) in [4.78, 5) is 2.59. The van der Waals surface area contributed by atoms with Gasteiger partial charge in [-0.05, 0) is 38.5 Å². The van der Waals surface area contributed by atoms with E-state index in [1.54, 1.807) is 5.84 Å². The van der Waals surface area contributed by atoms with Crippen LogP contribution < -0.4 is 0 Å². The zero-order chi connectivity index (χ0) is 9.80. The van der Waals surface area contributed by atoms with Gasteiger partial charge in [0.15, 0.2) is 0 Å². The molecule has 2 aliphatic heterocycles. The molecular weight excluding hydrogens is 172 g/mol. The van der Waals surface area contributed by atoms with Crippen molar-refractivity contribution in [1.29, 1.82) is 0 Å². The van der Waals surface area contributed by atoms with Gasteiger partial charge >= 0.3 is 0 Å². The zero-order valence-corrected chi connectivity index (χ0v) is 9.47. The Kier molecular flexibility index (Phi) is 3.44. The molecule has 0 N–H and O–H groups in total. The molecule has 0 aliphatic carbocycles. The second-order valence-electron chi connectivity index (χ2n) is 4.64. The molecule has 0 atom stereocenters. The highest BCUT2D eigenvalue weighted by Crippen LogP contribution is 2.11. The van der Waals surface area contributed by atoms with Gasteiger partial charge < -0.3 is 0 Å². The predicted octanol–water partition coefficient (Wildman–Crippen LogP) is 2.09. The molecule has 80 valence electrons. The number of piperidine rings is 2. The molecule has 0 aromatic rings. The zero-order valence-electron chi connectivity index (χ0n) is 9.47. The lowest BCUT2D eigenvalue weighted by Gasteiger charge is -2.25. The van der Waals surface area contributed by atoms with E-state index in [4.69, 9.17) is 0 Å². The summed E-state index contributed by atoms with van der Waals surface area (Å²) in [5.41, 5.74) is 0. The smallest absolute Gasteiger partial charge is 0.243 e. The van der Waals surface area contributed by atoms with Gasteiger partial charge in [0.2, 0.25) is 5.84 Å². The highest BCUT2D eigenvalue weighted by atomic mass is 15.2. The Morgan fingerprint density at radius 1 is 0.857 bits per heavy atom. The van der Waals surface area contributed by atoms with E-state index in [1.807, 2.05) is 0 Å². The third-order valence-electron chi connectivity index (χ3n) is 3.63. The van der Waals surface area contributed by atoms with Gasteiger partial charge in [0.25, 0.3) is 0 Å². The molecule has 2 nitrogen and oxygen atoms in total. The van der Waals surface area contributed by atoms with Crippen LogP contribution in [0.25, 0.3) is 0 Å². The standard InChI is InChI=1S/C12H23N2/c1-12(13-8-4-2-5-9-13)14-10-6-3-7-11-14/h2-11H2,1H3/q+1. The second kappa shape index (κ2) is 4.81. The van der Waals surface area contributed by atoms with E-state index in [0.29, 0.717) is 0 Å². The van der Waals surface area contributed by atoms with Gasteiger partial charge in [-0.25, -0.2) is 0 Å². The number of amidine groups is 1. The Morgan fingerprint density at radius 3 is 2.07 bits per heavy atom. The Bertz CT molecular complexity index is 206. The summed E-state index contributed by atoms with van der Waals surface area (Å²) in [7, 11) is 0. The Labute approximate surface area is 87.6 Å². The first kappa shape index (κ1) is 10.0. The highest BCUT2D eigenvalue weighted by Gasteiger charge is 2.21. The van der Waals surface area contributed by atoms with E-state index in [-0.39, 0.29) is 0 Å². The topological polar surface area (TPSA) is 6.25 Å².